The minimum atomic E-state index is 0.562. The Hall–Kier alpha value is -1.56. The van der Waals surface area contributed by atoms with E-state index in [1.807, 2.05) is 16.9 Å². The normalized spacial score (nSPS) is 40.4. The molecule has 0 N–H and O–H groups in total. The molecule has 3 nitrogen and oxygen atoms in total. The molecule has 5 rings (SSSR count). The Morgan fingerprint density at radius 1 is 1.16 bits per heavy atom. The van der Waals surface area contributed by atoms with E-state index in [4.69, 9.17) is 5.26 Å². The minimum absolute atomic E-state index is 0.562. The van der Waals surface area contributed by atoms with Gasteiger partial charge in [-0.3, -0.25) is 0 Å². The van der Waals surface area contributed by atoms with Crippen molar-refractivity contribution in [1.29, 1.82) is 5.26 Å². The highest BCUT2D eigenvalue weighted by molar-refractivity contribution is 5.52. The van der Waals surface area contributed by atoms with Crippen molar-refractivity contribution < 1.29 is 0 Å². The van der Waals surface area contributed by atoms with Gasteiger partial charge in [0.25, 0.3) is 0 Å². The van der Waals surface area contributed by atoms with E-state index in [1.165, 1.54) is 32.1 Å². The van der Waals surface area contributed by atoms with Crippen molar-refractivity contribution in [2.24, 2.45) is 29.6 Å². The third-order valence-electron chi connectivity index (χ3n) is 5.55. The first kappa shape index (κ1) is 11.3. The summed E-state index contributed by atoms with van der Waals surface area (Å²) >= 11 is 0. The summed E-state index contributed by atoms with van der Waals surface area (Å²) in [4.78, 5) is 0. The quantitative estimate of drug-likeness (QED) is 0.759. The number of allylic oxidation sites excluding steroid dienone is 2. The minimum Gasteiger partial charge on any atom is -0.244 e. The Morgan fingerprint density at radius 2 is 1.84 bits per heavy atom. The Kier molecular flexibility index (Phi) is 2.51. The summed E-state index contributed by atoms with van der Waals surface area (Å²) in [5.41, 5.74) is 1.14. The first-order valence-corrected chi connectivity index (χ1v) is 7.45. The molecule has 0 atom stereocenters. The van der Waals surface area contributed by atoms with Crippen molar-refractivity contribution in [2.75, 3.05) is 0 Å². The molecule has 0 aromatic carbocycles. The fraction of sp³-hybridized carbons (Fsp3) is 0.625. The van der Waals surface area contributed by atoms with Gasteiger partial charge in [-0.15, -0.1) is 0 Å². The average molecular weight is 253 g/mol. The number of rotatable bonds is 2. The van der Waals surface area contributed by atoms with Gasteiger partial charge in [-0.05, 0) is 61.8 Å². The Morgan fingerprint density at radius 3 is 2.37 bits per heavy atom. The molecule has 4 saturated carbocycles. The van der Waals surface area contributed by atoms with Crippen molar-refractivity contribution in [2.45, 2.75) is 32.1 Å². The van der Waals surface area contributed by atoms with Gasteiger partial charge in [0.15, 0.2) is 0 Å². The molecule has 0 spiro atoms. The van der Waals surface area contributed by atoms with Crippen LogP contribution in [-0.2, 0) is 0 Å². The molecule has 4 fully saturated rings. The maximum absolute atomic E-state index is 9.12. The molecule has 0 unspecified atom stereocenters. The van der Waals surface area contributed by atoms with Gasteiger partial charge >= 0.3 is 0 Å². The van der Waals surface area contributed by atoms with E-state index in [0.717, 1.165) is 29.4 Å². The molecular formula is C16H19N3. The van der Waals surface area contributed by atoms with Crippen molar-refractivity contribution in [3.63, 3.8) is 0 Å². The van der Waals surface area contributed by atoms with Crippen LogP contribution in [0.25, 0.3) is 5.70 Å². The molecule has 0 radical (unpaired) electrons. The molecule has 0 saturated heterocycles. The Bertz CT molecular complexity index is 507. The van der Waals surface area contributed by atoms with Gasteiger partial charge in [-0.2, -0.15) is 10.4 Å². The van der Waals surface area contributed by atoms with Crippen LogP contribution in [0.1, 0.15) is 32.1 Å². The monoisotopic (exact) mass is 253 g/mol. The van der Waals surface area contributed by atoms with Crippen molar-refractivity contribution in [3.05, 3.63) is 24.5 Å². The summed E-state index contributed by atoms with van der Waals surface area (Å²) in [5.74, 6) is 4.09. The third-order valence-corrected chi connectivity index (χ3v) is 5.55. The molecule has 98 valence electrons. The topological polar surface area (TPSA) is 41.6 Å². The standard InChI is InChI=1S/C16H19N3/c17-3-2-15(19-5-1-4-18-19)16-13-7-11-6-12(9-13)10-14(16)8-11/h1-2,4-5,11-14,16H,6-10H2/b15-2-. The highest BCUT2D eigenvalue weighted by atomic mass is 15.3. The average Bonchev–Trinajstić information content (AvgIpc) is 2.89. The van der Waals surface area contributed by atoms with Crippen LogP contribution >= 0.6 is 0 Å². The van der Waals surface area contributed by atoms with Crippen LogP contribution in [-0.4, -0.2) is 9.78 Å². The molecule has 1 aromatic rings. The largest absolute Gasteiger partial charge is 0.244 e. The van der Waals surface area contributed by atoms with Crippen LogP contribution in [0, 0.1) is 40.9 Å². The summed E-state index contributed by atoms with van der Waals surface area (Å²) in [6.45, 7) is 0. The van der Waals surface area contributed by atoms with Crippen LogP contribution in [0.5, 0.6) is 0 Å². The lowest BCUT2D eigenvalue weighted by molar-refractivity contribution is -0.0142. The number of hydrogen-bond donors (Lipinski definition) is 0. The Labute approximate surface area is 113 Å². The molecule has 1 aromatic heterocycles. The molecule has 1 heterocycles. The second-order valence-corrected chi connectivity index (χ2v) is 6.61. The van der Waals surface area contributed by atoms with Gasteiger partial charge in [0.1, 0.15) is 0 Å². The second-order valence-electron chi connectivity index (χ2n) is 6.61. The van der Waals surface area contributed by atoms with Gasteiger partial charge < -0.3 is 0 Å². The predicted octanol–water partition coefficient (Wildman–Crippen LogP) is 3.32. The number of nitriles is 1. The number of aromatic nitrogens is 2. The van der Waals surface area contributed by atoms with Crippen molar-refractivity contribution in [3.8, 4) is 6.07 Å². The summed E-state index contributed by atoms with van der Waals surface area (Å²) in [7, 11) is 0. The van der Waals surface area contributed by atoms with E-state index in [0.29, 0.717) is 5.92 Å². The van der Waals surface area contributed by atoms with Crippen LogP contribution in [0.4, 0.5) is 0 Å². The van der Waals surface area contributed by atoms with Gasteiger partial charge in [0.05, 0.1) is 11.8 Å². The molecule has 4 aliphatic carbocycles. The maximum atomic E-state index is 9.12. The fourth-order valence-corrected chi connectivity index (χ4v) is 5.21. The van der Waals surface area contributed by atoms with E-state index in [-0.39, 0.29) is 0 Å². The Balaban J connectivity index is 1.71. The lowest BCUT2D eigenvalue weighted by Crippen LogP contribution is -2.46. The molecular weight excluding hydrogens is 234 g/mol. The van der Waals surface area contributed by atoms with Crippen LogP contribution in [0.15, 0.2) is 24.5 Å². The molecule has 4 bridgehead atoms. The highest BCUT2D eigenvalue weighted by Gasteiger charge is 2.49. The SMILES string of the molecule is N#C/C=C(/C1C2CC3CC(C2)CC1C3)n1cccn1. The van der Waals surface area contributed by atoms with Crippen molar-refractivity contribution >= 4 is 5.70 Å². The summed E-state index contributed by atoms with van der Waals surface area (Å²) in [6.07, 6.45) is 12.5. The zero-order valence-electron chi connectivity index (χ0n) is 11.1. The smallest absolute Gasteiger partial charge is 0.0931 e. The first-order chi connectivity index (χ1) is 9.35. The summed E-state index contributed by atoms with van der Waals surface area (Å²) in [5, 5.41) is 13.5. The van der Waals surface area contributed by atoms with E-state index >= 15 is 0 Å². The zero-order chi connectivity index (χ0) is 12.8. The molecule has 19 heavy (non-hydrogen) atoms. The lowest BCUT2D eigenvalue weighted by atomic mass is 9.51. The maximum Gasteiger partial charge on any atom is 0.0931 e. The molecule has 0 aliphatic heterocycles. The predicted molar refractivity (Wildman–Crippen MR) is 72.6 cm³/mol. The first-order valence-electron chi connectivity index (χ1n) is 7.45. The van der Waals surface area contributed by atoms with E-state index < -0.39 is 0 Å². The van der Waals surface area contributed by atoms with Gasteiger partial charge in [-0.1, -0.05) is 0 Å². The van der Waals surface area contributed by atoms with Crippen LogP contribution in [0.3, 0.4) is 0 Å². The molecule has 0 amide bonds. The van der Waals surface area contributed by atoms with E-state index in [9.17, 15) is 0 Å². The van der Waals surface area contributed by atoms with Gasteiger partial charge in [-0.25, -0.2) is 4.68 Å². The summed E-state index contributed by atoms with van der Waals surface area (Å²) in [6, 6.07) is 4.19. The number of hydrogen-bond acceptors (Lipinski definition) is 2. The van der Waals surface area contributed by atoms with Crippen LogP contribution < -0.4 is 0 Å². The van der Waals surface area contributed by atoms with Crippen molar-refractivity contribution in [1.82, 2.24) is 9.78 Å². The van der Waals surface area contributed by atoms with E-state index in [1.54, 1.807) is 12.3 Å². The lowest BCUT2D eigenvalue weighted by Gasteiger charge is -2.54. The third kappa shape index (κ3) is 1.74. The fourth-order valence-electron chi connectivity index (χ4n) is 5.21. The highest BCUT2D eigenvalue weighted by Crippen LogP contribution is 2.58. The zero-order valence-corrected chi connectivity index (χ0v) is 11.1. The van der Waals surface area contributed by atoms with Crippen LogP contribution in [0.2, 0.25) is 0 Å². The van der Waals surface area contributed by atoms with E-state index in [2.05, 4.69) is 11.2 Å². The van der Waals surface area contributed by atoms with Gasteiger partial charge in [0, 0.05) is 24.4 Å². The second kappa shape index (κ2) is 4.23. The summed E-state index contributed by atoms with van der Waals surface area (Å²) < 4.78 is 1.93. The van der Waals surface area contributed by atoms with Gasteiger partial charge in [0.2, 0.25) is 0 Å². The number of nitrogens with zero attached hydrogens (tertiary/aromatic N) is 3. The molecule has 4 aliphatic rings. The molecule has 3 heteroatoms.